The Morgan fingerprint density at radius 2 is 2.31 bits per heavy atom. The van der Waals surface area contributed by atoms with Crippen LogP contribution in [0.1, 0.15) is 12.5 Å². The monoisotopic (exact) mass is 192 g/mol. The second kappa shape index (κ2) is 3.22. The molecule has 0 atom stereocenters. The number of aromatic nitrogens is 2. The number of fused-ring (bicyclic) bond motifs is 1. The van der Waals surface area contributed by atoms with Gasteiger partial charge in [-0.3, -0.25) is 4.79 Å². The number of ketones is 1. The summed E-state index contributed by atoms with van der Waals surface area (Å²) in [6.45, 7) is 1.58. The van der Waals surface area contributed by atoms with E-state index in [0.717, 1.165) is 16.6 Å². The number of carbonyl (C=O) groups is 1. The molecule has 4 heteroatoms. The highest BCUT2D eigenvalue weighted by Crippen LogP contribution is 2.16. The Morgan fingerprint density at radius 3 is 3.08 bits per heavy atom. The molecule has 3 nitrogen and oxygen atoms in total. The molecular weight excluding hydrogens is 184 g/mol. The molecule has 0 spiro atoms. The maximum Gasteiger partial charge on any atom is 0.134 e. The van der Waals surface area contributed by atoms with Crippen molar-refractivity contribution in [3.8, 4) is 0 Å². The molecule has 0 aliphatic rings. The van der Waals surface area contributed by atoms with Crippen LogP contribution in [0.5, 0.6) is 0 Å². The minimum Gasteiger partial charge on any atom is -0.300 e. The van der Waals surface area contributed by atoms with Gasteiger partial charge in [-0.05, 0) is 18.6 Å². The van der Waals surface area contributed by atoms with Crippen molar-refractivity contribution in [2.75, 3.05) is 0 Å². The van der Waals surface area contributed by atoms with Crippen LogP contribution in [0.3, 0.4) is 0 Å². The minimum absolute atomic E-state index is 0.153. The van der Waals surface area contributed by atoms with Crippen molar-refractivity contribution in [1.29, 1.82) is 0 Å². The van der Waals surface area contributed by atoms with Crippen molar-refractivity contribution >= 4 is 28.5 Å². The predicted molar refractivity (Wildman–Crippen MR) is 51.8 cm³/mol. The van der Waals surface area contributed by atoms with Crippen molar-refractivity contribution in [3.05, 3.63) is 23.8 Å². The SMILES string of the molecule is CC(=O)Cc1cccc2nsnc12. The molecule has 0 fully saturated rings. The average molecular weight is 192 g/mol. The average Bonchev–Trinajstić information content (AvgIpc) is 2.51. The van der Waals surface area contributed by atoms with Crippen LogP contribution in [0.2, 0.25) is 0 Å². The van der Waals surface area contributed by atoms with Crippen LogP contribution in [-0.4, -0.2) is 14.5 Å². The van der Waals surface area contributed by atoms with Gasteiger partial charge in [0.05, 0.1) is 11.7 Å². The summed E-state index contributed by atoms with van der Waals surface area (Å²) in [5, 5.41) is 0. The Morgan fingerprint density at radius 1 is 1.46 bits per heavy atom. The Bertz CT molecular complexity index is 450. The summed E-state index contributed by atoms with van der Waals surface area (Å²) in [6.07, 6.45) is 0.447. The minimum atomic E-state index is 0.153. The number of carbonyl (C=O) groups excluding carboxylic acids is 1. The van der Waals surface area contributed by atoms with Gasteiger partial charge in [0.15, 0.2) is 0 Å². The molecule has 2 aromatic rings. The van der Waals surface area contributed by atoms with Gasteiger partial charge in [-0.1, -0.05) is 12.1 Å². The first-order valence-electron chi connectivity index (χ1n) is 3.97. The fraction of sp³-hybridized carbons (Fsp3) is 0.222. The summed E-state index contributed by atoms with van der Waals surface area (Å²) in [7, 11) is 0. The molecule has 2 rings (SSSR count). The summed E-state index contributed by atoms with van der Waals surface area (Å²) in [6, 6.07) is 5.73. The van der Waals surface area contributed by atoms with Gasteiger partial charge in [0, 0.05) is 6.42 Å². The van der Waals surface area contributed by atoms with Crippen molar-refractivity contribution in [2.24, 2.45) is 0 Å². The largest absolute Gasteiger partial charge is 0.300 e. The molecule has 0 N–H and O–H groups in total. The fourth-order valence-corrected chi connectivity index (χ4v) is 1.84. The summed E-state index contributed by atoms with van der Waals surface area (Å²) in [4.78, 5) is 10.9. The molecule has 0 radical (unpaired) electrons. The van der Waals surface area contributed by atoms with E-state index in [1.807, 2.05) is 18.2 Å². The first-order valence-corrected chi connectivity index (χ1v) is 4.70. The zero-order valence-corrected chi connectivity index (χ0v) is 7.97. The van der Waals surface area contributed by atoms with Gasteiger partial charge in [-0.2, -0.15) is 8.75 Å². The molecule has 0 amide bonds. The van der Waals surface area contributed by atoms with Gasteiger partial charge in [0.2, 0.25) is 0 Å². The lowest BCUT2D eigenvalue weighted by molar-refractivity contribution is -0.116. The first kappa shape index (κ1) is 8.31. The standard InChI is InChI=1S/C9H8N2OS/c1-6(12)5-7-3-2-4-8-9(7)11-13-10-8/h2-4H,5H2,1H3. The molecule has 13 heavy (non-hydrogen) atoms. The topological polar surface area (TPSA) is 42.9 Å². The smallest absolute Gasteiger partial charge is 0.134 e. The van der Waals surface area contributed by atoms with Crippen LogP contribution in [0.4, 0.5) is 0 Å². The highest BCUT2D eigenvalue weighted by molar-refractivity contribution is 7.00. The summed E-state index contributed by atoms with van der Waals surface area (Å²) in [5.74, 6) is 0.153. The van der Waals surface area contributed by atoms with E-state index in [-0.39, 0.29) is 5.78 Å². The molecule has 0 saturated carbocycles. The van der Waals surface area contributed by atoms with E-state index in [0.29, 0.717) is 6.42 Å². The number of hydrogen-bond acceptors (Lipinski definition) is 4. The maximum atomic E-state index is 10.9. The van der Waals surface area contributed by atoms with Crippen LogP contribution in [0.25, 0.3) is 11.0 Å². The summed E-state index contributed by atoms with van der Waals surface area (Å²) in [5.41, 5.74) is 2.71. The van der Waals surface area contributed by atoms with Crippen LogP contribution in [0, 0.1) is 0 Å². The molecule has 0 aliphatic heterocycles. The van der Waals surface area contributed by atoms with Crippen LogP contribution in [0.15, 0.2) is 18.2 Å². The van der Waals surface area contributed by atoms with Gasteiger partial charge in [0.1, 0.15) is 16.8 Å². The van der Waals surface area contributed by atoms with Crippen molar-refractivity contribution < 1.29 is 4.79 Å². The Kier molecular flexibility index (Phi) is 2.06. The third-order valence-corrected chi connectivity index (χ3v) is 2.35. The second-order valence-corrected chi connectivity index (χ2v) is 3.46. The Hall–Kier alpha value is -1.29. The lowest BCUT2D eigenvalue weighted by Gasteiger charge is -1.96. The van der Waals surface area contributed by atoms with Crippen LogP contribution >= 0.6 is 11.7 Å². The van der Waals surface area contributed by atoms with Gasteiger partial charge in [-0.15, -0.1) is 0 Å². The van der Waals surface area contributed by atoms with Crippen LogP contribution in [-0.2, 0) is 11.2 Å². The molecule has 0 saturated heterocycles. The van der Waals surface area contributed by atoms with E-state index in [9.17, 15) is 4.79 Å². The molecule has 0 aliphatic carbocycles. The Labute approximate surface area is 79.7 Å². The number of hydrogen-bond donors (Lipinski definition) is 0. The molecular formula is C9H8N2OS. The summed E-state index contributed by atoms with van der Waals surface area (Å²) < 4.78 is 8.26. The molecule has 0 bridgehead atoms. The van der Waals surface area contributed by atoms with Gasteiger partial charge in [-0.25, -0.2) is 0 Å². The molecule has 1 heterocycles. The zero-order chi connectivity index (χ0) is 9.26. The van der Waals surface area contributed by atoms with Crippen molar-refractivity contribution in [2.45, 2.75) is 13.3 Å². The van der Waals surface area contributed by atoms with Crippen molar-refractivity contribution in [3.63, 3.8) is 0 Å². The van der Waals surface area contributed by atoms with Gasteiger partial charge < -0.3 is 0 Å². The third kappa shape index (κ3) is 1.58. The lowest BCUT2D eigenvalue weighted by Crippen LogP contribution is -1.96. The van der Waals surface area contributed by atoms with E-state index in [4.69, 9.17) is 0 Å². The number of rotatable bonds is 2. The third-order valence-electron chi connectivity index (χ3n) is 1.81. The van der Waals surface area contributed by atoms with E-state index in [1.54, 1.807) is 6.92 Å². The number of Topliss-reactive ketones (excluding diaryl/α,β-unsaturated/α-hetero) is 1. The van der Waals surface area contributed by atoms with Gasteiger partial charge >= 0.3 is 0 Å². The lowest BCUT2D eigenvalue weighted by atomic mass is 10.1. The van der Waals surface area contributed by atoms with E-state index < -0.39 is 0 Å². The van der Waals surface area contributed by atoms with Crippen molar-refractivity contribution in [1.82, 2.24) is 8.75 Å². The molecule has 0 unspecified atom stereocenters. The van der Waals surface area contributed by atoms with Crippen LogP contribution < -0.4 is 0 Å². The highest BCUT2D eigenvalue weighted by atomic mass is 32.1. The van der Waals surface area contributed by atoms with Gasteiger partial charge in [0.25, 0.3) is 0 Å². The predicted octanol–water partition coefficient (Wildman–Crippen LogP) is 1.82. The number of nitrogens with zero attached hydrogens (tertiary/aromatic N) is 2. The first-order chi connectivity index (χ1) is 6.27. The van der Waals surface area contributed by atoms with E-state index >= 15 is 0 Å². The second-order valence-electron chi connectivity index (χ2n) is 2.93. The number of benzene rings is 1. The summed E-state index contributed by atoms with van der Waals surface area (Å²) >= 11 is 1.18. The van der Waals surface area contributed by atoms with E-state index in [2.05, 4.69) is 8.75 Å². The maximum absolute atomic E-state index is 10.9. The van der Waals surface area contributed by atoms with E-state index in [1.165, 1.54) is 11.7 Å². The molecule has 1 aromatic carbocycles. The molecule has 66 valence electrons. The Balaban J connectivity index is 2.54. The fourth-order valence-electron chi connectivity index (χ4n) is 1.27. The molecule has 1 aromatic heterocycles. The zero-order valence-electron chi connectivity index (χ0n) is 7.15. The quantitative estimate of drug-likeness (QED) is 0.729. The normalized spacial score (nSPS) is 10.5. The highest BCUT2D eigenvalue weighted by Gasteiger charge is 2.05.